The van der Waals surface area contributed by atoms with Crippen molar-refractivity contribution >= 4 is 46.8 Å². The normalized spacial score (nSPS) is 28.3. The number of likely N-dealkylation sites (tertiary alicyclic amines) is 1. The summed E-state index contributed by atoms with van der Waals surface area (Å²) < 4.78 is 4.81. The Bertz CT molecular complexity index is 1350. The second-order valence-electron chi connectivity index (χ2n) is 11.2. The first-order valence-corrected chi connectivity index (χ1v) is 15.7. The van der Waals surface area contributed by atoms with Gasteiger partial charge in [-0.15, -0.1) is 24.9 Å². The van der Waals surface area contributed by atoms with Gasteiger partial charge in [-0.1, -0.05) is 73.1 Å². The zero-order chi connectivity index (χ0) is 30.0. The minimum atomic E-state index is -0.952. The predicted octanol–water partition coefficient (Wildman–Crippen LogP) is 5.44. The summed E-state index contributed by atoms with van der Waals surface area (Å²) in [5.41, 5.74) is 1.23. The third kappa shape index (κ3) is 4.97. The molecule has 2 bridgehead atoms. The van der Waals surface area contributed by atoms with Crippen LogP contribution >= 0.6 is 23.4 Å². The minimum Gasteiger partial charge on any atom is -0.465 e. The fourth-order valence-corrected chi connectivity index (χ4v) is 9.75. The van der Waals surface area contributed by atoms with Crippen LogP contribution in [0.1, 0.15) is 37.8 Å². The number of aliphatic hydroxyl groups excluding tert-OH is 1. The second kappa shape index (κ2) is 12.7. The molecule has 0 aromatic heterocycles. The number of amides is 2. The highest BCUT2D eigenvalue weighted by Crippen LogP contribution is 2.69. The van der Waals surface area contributed by atoms with E-state index in [-0.39, 0.29) is 42.7 Å². The van der Waals surface area contributed by atoms with Crippen LogP contribution in [0.2, 0.25) is 5.02 Å². The fraction of sp³-hybridized carbons (Fsp3) is 0.424. The molecule has 2 aromatic carbocycles. The minimum absolute atomic E-state index is 0.0443. The fourth-order valence-electron chi connectivity index (χ4n) is 7.12. The number of halogens is 1. The molecule has 3 saturated heterocycles. The Balaban J connectivity index is 1.62. The number of esters is 1. The number of rotatable bonds is 12. The Labute approximate surface area is 256 Å². The maximum atomic E-state index is 14.9. The van der Waals surface area contributed by atoms with Crippen molar-refractivity contribution in [3.8, 4) is 0 Å². The Morgan fingerprint density at radius 3 is 2.57 bits per heavy atom. The number of benzene rings is 2. The van der Waals surface area contributed by atoms with Crippen molar-refractivity contribution in [2.24, 2.45) is 17.8 Å². The Morgan fingerprint density at radius 1 is 1.19 bits per heavy atom. The van der Waals surface area contributed by atoms with Crippen LogP contribution in [0.25, 0.3) is 0 Å². The lowest BCUT2D eigenvalue weighted by atomic mass is 9.66. The zero-order valence-corrected chi connectivity index (χ0v) is 25.3. The summed E-state index contributed by atoms with van der Waals surface area (Å²) in [6, 6.07) is 14.6. The number of nitrogens with zero attached hydrogens (tertiary/aromatic N) is 2. The van der Waals surface area contributed by atoms with E-state index < -0.39 is 34.6 Å². The van der Waals surface area contributed by atoms with Gasteiger partial charge in [0.15, 0.2) is 0 Å². The average molecular weight is 609 g/mol. The van der Waals surface area contributed by atoms with Gasteiger partial charge < -0.3 is 19.6 Å². The summed E-state index contributed by atoms with van der Waals surface area (Å²) >= 11 is 8.16. The molecular weight excluding hydrogens is 572 g/mol. The number of para-hydroxylation sites is 1. The molecule has 0 radical (unpaired) electrons. The largest absolute Gasteiger partial charge is 0.465 e. The summed E-state index contributed by atoms with van der Waals surface area (Å²) in [5.74, 6) is -2.49. The van der Waals surface area contributed by atoms with Gasteiger partial charge in [0.05, 0.1) is 46.5 Å². The van der Waals surface area contributed by atoms with Crippen molar-refractivity contribution < 1.29 is 24.2 Å². The molecule has 2 aromatic rings. The van der Waals surface area contributed by atoms with Gasteiger partial charge in [-0.2, -0.15) is 0 Å². The van der Waals surface area contributed by atoms with Crippen molar-refractivity contribution in [1.82, 2.24) is 4.90 Å². The number of allylic oxidation sites excluding steroid dienone is 1. The number of unbranched alkanes of at least 4 members (excludes halogenated alkanes) is 1. The molecule has 0 aliphatic carbocycles. The summed E-state index contributed by atoms with van der Waals surface area (Å²) in [4.78, 5) is 46.2. The number of carbonyl (C=O) groups is 3. The Hall–Kier alpha value is -3.07. The smallest absolute Gasteiger partial charge is 0.310 e. The van der Waals surface area contributed by atoms with E-state index in [1.54, 1.807) is 58.0 Å². The Kier molecular flexibility index (Phi) is 9.16. The predicted molar refractivity (Wildman–Crippen MR) is 166 cm³/mol. The molecule has 0 saturated carbocycles. The number of carbonyl (C=O) groups excluding carboxylic acids is 3. The first-order chi connectivity index (χ1) is 20.3. The number of fused-ring (bicyclic) bond motifs is 1. The highest BCUT2D eigenvalue weighted by atomic mass is 35.5. The van der Waals surface area contributed by atoms with Crippen molar-refractivity contribution in [3.05, 3.63) is 90.5 Å². The topological polar surface area (TPSA) is 87.1 Å². The maximum Gasteiger partial charge on any atom is 0.310 e. The monoisotopic (exact) mass is 608 g/mol. The van der Waals surface area contributed by atoms with Crippen LogP contribution in [0.15, 0.2) is 79.9 Å². The van der Waals surface area contributed by atoms with Crippen LogP contribution in [-0.4, -0.2) is 63.6 Å². The SMILES string of the molecule is C=CCCCOC(=O)[C@@H]1[C@H]2C(=O)N([C@H](CO)c3ccccc3)C(C(=O)N(CC=C)c3ccccc3Cl)C23S[C@@H]1CC3C. The quantitative estimate of drug-likeness (QED) is 0.196. The van der Waals surface area contributed by atoms with Crippen molar-refractivity contribution in [2.45, 2.75) is 48.3 Å². The Morgan fingerprint density at radius 2 is 1.90 bits per heavy atom. The van der Waals surface area contributed by atoms with Crippen LogP contribution in [0, 0.1) is 17.8 Å². The third-order valence-electron chi connectivity index (χ3n) is 8.90. The lowest BCUT2D eigenvalue weighted by Crippen LogP contribution is -2.58. The molecule has 3 unspecified atom stereocenters. The van der Waals surface area contributed by atoms with Gasteiger partial charge in [0, 0.05) is 11.8 Å². The molecule has 3 aliphatic heterocycles. The molecule has 3 fully saturated rings. The van der Waals surface area contributed by atoms with Gasteiger partial charge in [0.2, 0.25) is 5.91 Å². The van der Waals surface area contributed by atoms with Crippen LogP contribution < -0.4 is 4.90 Å². The molecule has 222 valence electrons. The summed E-state index contributed by atoms with van der Waals surface area (Å²) in [5, 5.41) is 11.0. The van der Waals surface area contributed by atoms with E-state index in [1.807, 2.05) is 30.3 Å². The van der Waals surface area contributed by atoms with E-state index >= 15 is 0 Å². The number of aliphatic hydroxyl groups is 1. The van der Waals surface area contributed by atoms with Crippen molar-refractivity contribution in [1.29, 1.82) is 0 Å². The zero-order valence-electron chi connectivity index (χ0n) is 23.7. The van der Waals surface area contributed by atoms with Gasteiger partial charge in [-0.25, -0.2) is 0 Å². The lowest BCUT2D eigenvalue weighted by molar-refractivity contribution is -0.155. The molecule has 5 rings (SSSR count). The van der Waals surface area contributed by atoms with Gasteiger partial charge in [-0.3, -0.25) is 14.4 Å². The van der Waals surface area contributed by atoms with Crippen molar-refractivity contribution in [3.63, 3.8) is 0 Å². The van der Waals surface area contributed by atoms with Crippen LogP contribution in [0.5, 0.6) is 0 Å². The molecule has 9 heteroatoms. The molecule has 7 nitrogen and oxygen atoms in total. The first-order valence-electron chi connectivity index (χ1n) is 14.4. The van der Waals surface area contributed by atoms with E-state index in [1.165, 1.54) is 0 Å². The molecule has 1 spiro atoms. The van der Waals surface area contributed by atoms with Crippen LogP contribution in [-0.2, 0) is 19.1 Å². The first kappa shape index (κ1) is 30.4. The van der Waals surface area contributed by atoms with E-state index in [0.717, 1.165) is 6.42 Å². The molecule has 2 amide bonds. The lowest BCUT2D eigenvalue weighted by Gasteiger charge is -2.42. The van der Waals surface area contributed by atoms with Crippen LogP contribution in [0.3, 0.4) is 0 Å². The van der Waals surface area contributed by atoms with Gasteiger partial charge >= 0.3 is 5.97 Å². The highest BCUT2D eigenvalue weighted by Gasteiger charge is 2.77. The molecule has 42 heavy (non-hydrogen) atoms. The number of hydrogen-bond acceptors (Lipinski definition) is 6. The molecular formula is C33H37ClN2O5S. The summed E-state index contributed by atoms with van der Waals surface area (Å²) in [7, 11) is 0. The van der Waals surface area contributed by atoms with Crippen molar-refractivity contribution in [2.75, 3.05) is 24.7 Å². The molecule has 3 aliphatic rings. The third-order valence-corrected chi connectivity index (χ3v) is 11.3. The van der Waals surface area contributed by atoms with E-state index in [2.05, 4.69) is 20.1 Å². The molecule has 3 heterocycles. The highest BCUT2D eigenvalue weighted by molar-refractivity contribution is 8.02. The second-order valence-corrected chi connectivity index (χ2v) is 13.1. The number of ether oxygens (including phenoxy) is 1. The van der Waals surface area contributed by atoms with Gasteiger partial charge in [-0.05, 0) is 42.9 Å². The van der Waals surface area contributed by atoms with Gasteiger partial charge in [0.1, 0.15) is 6.04 Å². The molecule has 1 N–H and O–H groups in total. The van der Waals surface area contributed by atoms with E-state index in [9.17, 15) is 19.5 Å². The van der Waals surface area contributed by atoms with E-state index in [0.29, 0.717) is 29.1 Å². The van der Waals surface area contributed by atoms with Gasteiger partial charge in [0.25, 0.3) is 5.91 Å². The van der Waals surface area contributed by atoms with E-state index in [4.69, 9.17) is 16.3 Å². The number of anilines is 1. The standard InChI is InChI=1S/C33H37ClN2O5S/c1-4-6-12-18-41-32(40)27-26-19-21(3)33(42-26)28(27)30(38)36(25(20-37)22-13-8-7-9-14-22)29(33)31(39)35(17-5-2)24-16-11-10-15-23(24)34/h4-5,7-11,13-16,21,25-29,37H,1-2,6,12,17-20H2,3H3/t21?,25-,26-,27+,28+,29?,33?/m1/s1. The maximum absolute atomic E-state index is 14.9. The molecule has 7 atom stereocenters. The number of hydrogen-bond donors (Lipinski definition) is 1. The van der Waals surface area contributed by atoms with Crippen LogP contribution in [0.4, 0.5) is 5.69 Å². The number of thioether (sulfide) groups is 1. The average Bonchev–Trinajstić information content (AvgIpc) is 3.59. The summed E-state index contributed by atoms with van der Waals surface area (Å²) in [6.07, 6.45) is 5.47. The summed E-state index contributed by atoms with van der Waals surface area (Å²) in [6.45, 7) is 9.69.